The lowest BCUT2D eigenvalue weighted by Crippen LogP contribution is -2.60. The maximum atomic E-state index is 12.4. The van der Waals surface area contributed by atoms with Crippen molar-refractivity contribution in [3.8, 4) is 5.75 Å². The van der Waals surface area contributed by atoms with E-state index in [4.69, 9.17) is 4.74 Å². The Morgan fingerprint density at radius 3 is 3.00 bits per heavy atom. The van der Waals surface area contributed by atoms with Gasteiger partial charge in [0.2, 0.25) is 0 Å². The van der Waals surface area contributed by atoms with Crippen molar-refractivity contribution < 1.29 is 9.53 Å². The van der Waals surface area contributed by atoms with Crippen LogP contribution in [0.1, 0.15) is 16.8 Å². The average molecular weight is 330 g/mol. The summed E-state index contributed by atoms with van der Waals surface area (Å²) in [5.74, 6) is 1.85. The lowest BCUT2D eigenvalue weighted by Gasteiger charge is -2.47. The summed E-state index contributed by atoms with van der Waals surface area (Å²) in [6, 6.07) is 3.81. The molecule has 0 aliphatic carbocycles. The minimum absolute atomic E-state index is 0.0703. The highest BCUT2D eigenvalue weighted by molar-refractivity contribution is 8.01. The Bertz CT molecular complexity index is 712. The van der Waals surface area contributed by atoms with Crippen LogP contribution in [0, 0.1) is 0 Å². The highest BCUT2D eigenvalue weighted by Gasteiger charge is 2.51. The van der Waals surface area contributed by atoms with E-state index in [1.807, 2.05) is 35.8 Å². The SMILES string of the molecule is Cn1cc(C(=O)N2CC3(C[C@@H](Oc4cccnc4)CS3)C2)cn1. The normalized spacial score (nSPS) is 22.1. The predicted molar refractivity (Wildman–Crippen MR) is 87.6 cm³/mol. The summed E-state index contributed by atoms with van der Waals surface area (Å²) in [5.41, 5.74) is 0.661. The fourth-order valence-electron chi connectivity index (χ4n) is 3.22. The smallest absolute Gasteiger partial charge is 0.257 e. The number of aromatic nitrogens is 3. The number of hydrogen-bond acceptors (Lipinski definition) is 5. The molecular formula is C16H18N4O2S. The van der Waals surface area contributed by atoms with Crippen molar-refractivity contribution in [3.63, 3.8) is 0 Å². The van der Waals surface area contributed by atoms with Crippen LogP contribution in [0.15, 0.2) is 36.9 Å². The highest BCUT2D eigenvalue weighted by atomic mass is 32.2. The number of likely N-dealkylation sites (tertiary alicyclic amines) is 1. The maximum absolute atomic E-state index is 12.4. The first-order valence-corrected chi connectivity index (χ1v) is 8.61. The van der Waals surface area contributed by atoms with Gasteiger partial charge in [0.05, 0.1) is 22.7 Å². The van der Waals surface area contributed by atoms with Gasteiger partial charge in [-0.3, -0.25) is 14.5 Å². The quantitative estimate of drug-likeness (QED) is 0.855. The molecule has 1 spiro atoms. The largest absolute Gasteiger partial charge is 0.488 e. The molecule has 1 amide bonds. The molecule has 0 N–H and O–H groups in total. The van der Waals surface area contributed by atoms with Crippen LogP contribution < -0.4 is 4.74 Å². The minimum Gasteiger partial charge on any atom is -0.488 e. The lowest BCUT2D eigenvalue weighted by atomic mass is 9.92. The first-order chi connectivity index (χ1) is 11.1. The Balaban J connectivity index is 1.33. The second-order valence-corrected chi connectivity index (χ2v) is 7.68. The molecule has 6 nitrogen and oxygen atoms in total. The number of rotatable bonds is 3. The van der Waals surface area contributed by atoms with Crippen LogP contribution in [0.5, 0.6) is 5.75 Å². The summed E-state index contributed by atoms with van der Waals surface area (Å²) >= 11 is 1.92. The molecule has 0 aromatic carbocycles. The molecule has 23 heavy (non-hydrogen) atoms. The van der Waals surface area contributed by atoms with Crippen LogP contribution in [0.4, 0.5) is 0 Å². The van der Waals surface area contributed by atoms with Gasteiger partial charge in [-0.25, -0.2) is 0 Å². The number of amides is 1. The van der Waals surface area contributed by atoms with E-state index in [1.165, 1.54) is 0 Å². The van der Waals surface area contributed by atoms with Gasteiger partial charge in [-0.1, -0.05) is 0 Å². The van der Waals surface area contributed by atoms with Crippen molar-refractivity contribution in [3.05, 3.63) is 42.5 Å². The molecule has 4 rings (SSSR count). The fraction of sp³-hybridized carbons (Fsp3) is 0.438. The average Bonchev–Trinajstić information content (AvgIpc) is 3.13. The van der Waals surface area contributed by atoms with Gasteiger partial charge in [0, 0.05) is 44.7 Å². The molecule has 2 aliphatic rings. The Hall–Kier alpha value is -2.02. The molecule has 0 bridgehead atoms. The summed E-state index contributed by atoms with van der Waals surface area (Å²) < 4.78 is 7.81. The topological polar surface area (TPSA) is 60.2 Å². The molecule has 120 valence electrons. The van der Waals surface area contributed by atoms with Crippen LogP contribution >= 0.6 is 11.8 Å². The van der Waals surface area contributed by atoms with Gasteiger partial charge in [-0.2, -0.15) is 5.10 Å². The van der Waals surface area contributed by atoms with E-state index in [-0.39, 0.29) is 16.8 Å². The number of carbonyl (C=O) groups is 1. The Labute approximate surface area is 138 Å². The van der Waals surface area contributed by atoms with E-state index in [2.05, 4.69) is 10.1 Å². The van der Waals surface area contributed by atoms with Gasteiger partial charge < -0.3 is 9.64 Å². The van der Waals surface area contributed by atoms with Crippen molar-refractivity contribution in [1.82, 2.24) is 19.7 Å². The summed E-state index contributed by atoms with van der Waals surface area (Å²) in [7, 11) is 1.82. The molecule has 2 aromatic rings. The van der Waals surface area contributed by atoms with Gasteiger partial charge >= 0.3 is 0 Å². The van der Waals surface area contributed by atoms with Crippen molar-refractivity contribution in [2.75, 3.05) is 18.8 Å². The molecule has 2 saturated heterocycles. The fourth-order valence-corrected chi connectivity index (χ4v) is 4.74. The van der Waals surface area contributed by atoms with Crippen molar-refractivity contribution in [1.29, 1.82) is 0 Å². The van der Waals surface area contributed by atoms with E-state index in [0.717, 1.165) is 31.0 Å². The minimum atomic E-state index is 0.0703. The van der Waals surface area contributed by atoms with E-state index >= 15 is 0 Å². The lowest BCUT2D eigenvalue weighted by molar-refractivity contribution is 0.0518. The van der Waals surface area contributed by atoms with Gasteiger partial charge in [0.25, 0.3) is 5.91 Å². The molecule has 0 radical (unpaired) electrons. The van der Waals surface area contributed by atoms with Gasteiger partial charge in [0.15, 0.2) is 0 Å². The Morgan fingerprint density at radius 1 is 1.43 bits per heavy atom. The second-order valence-electron chi connectivity index (χ2n) is 6.19. The summed E-state index contributed by atoms with van der Waals surface area (Å²) in [5, 5.41) is 4.06. The maximum Gasteiger partial charge on any atom is 0.257 e. The van der Waals surface area contributed by atoms with Crippen molar-refractivity contribution in [2.45, 2.75) is 17.3 Å². The van der Waals surface area contributed by atoms with Crippen molar-refractivity contribution in [2.24, 2.45) is 7.05 Å². The molecule has 0 saturated carbocycles. The Kier molecular flexibility index (Phi) is 3.52. The van der Waals surface area contributed by atoms with Crippen LogP contribution in [0.2, 0.25) is 0 Å². The molecular weight excluding hydrogens is 312 g/mol. The summed E-state index contributed by atoms with van der Waals surface area (Å²) in [6.45, 7) is 1.58. The summed E-state index contributed by atoms with van der Waals surface area (Å²) in [4.78, 5) is 18.4. The first-order valence-electron chi connectivity index (χ1n) is 7.62. The molecule has 0 unspecified atom stereocenters. The monoisotopic (exact) mass is 330 g/mol. The first kappa shape index (κ1) is 14.6. The number of aryl methyl sites for hydroxylation is 1. The number of thioether (sulfide) groups is 1. The number of ether oxygens (including phenoxy) is 1. The van der Waals surface area contributed by atoms with Gasteiger partial charge in [0.1, 0.15) is 11.9 Å². The van der Waals surface area contributed by atoms with Crippen LogP contribution in [0.3, 0.4) is 0 Å². The number of pyridine rings is 1. The number of hydrogen-bond donors (Lipinski definition) is 0. The standard InChI is InChI=1S/C16H18N4O2S/c1-19-8-12(6-18-19)15(21)20-10-16(11-20)5-14(9-23-16)22-13-3-2-4-17-7-13/h2-4,6-8,14H,5,9-11H2,1H3/t14-/m1/s1. The molecule has 7 heteroatoms. The molecule has 2 aromatic heterocycles. The third kappa shape index (κ3) is 2.81. The third-order valence-electron chi connectivity index (χ3n) is 4.31. The predicted octanol–water partition coefficient (Wildman–Crippen LogP) is 1.59. The third-order valence-corrected chi connectivity index (χ3v) is 5.89. The number of carbonyl (C=O) groups excluding carboxylic acids is 1. The van der Waals surface area contributed by atoms with E-state index < -0.39 is 0 Å². The summed E-state index contributed by atoms with van der Waals surface area (Å²) in [6.07, 6.45) is 8.05. The molecule has 2 fully saturated rings. The zero-order chi connectivity index (χ0) is 15.9. The molecule has 1 atom stereocenters. The second kappa shape index (κ2) is 5.56. The van der Waals surface area contributed by atoms with E-state index in [9.17, 15) is 4.79 Å². The van der Waals surface area contributed by atoms with Gasteiger partial charge in [-0.05, 0) is 12.1 Å². The van der Waals surface area contributed by atoms with E-state index in [1.54, 1.807) is 29.5 Å². The molecule has 4 heterocycles. The number of nitrogens with zero attached hydrogens (tertiary/aromatic N) is 4. The highest BCUT2D eigenvalue weighted by Crippen LogP contribution is 2.46. The van der Waals surface area contributed by atoms with Crippen LogP contribution in [-0.2, 0) is 7.05 Å². The Morgan fingerprint density at radius 2 is 2.30 bits per heavy atom. The van der Waals surface area contributed by atoms with E-state index in [0.29, 0.717) is 5.56 Å². The zero-order valence-corrected chi connectivity index (χ0v) is 13.7. The zero-order valence-electron chi connectivity index (χ0n) is 12.9. The van der Waals surface area contributed by atoms with Gasteiger partial charge in [-0.15, -0.1) is 11.8 Å². The molecule has 2 aliphatic heterocycles. The van der Waals surface area contributed by atoms with Crippen LogP contribution in [-0.4, -0.2) is 55.3 Å². The van der Waals surface area contributed by atoms with Crippen molar-refractivity contribution >= 4 is 17.7 Å². The van der Waals surface area contributed by atoms with Crippen LogP contribution in [0.25, 0.3) is 0 Å².